The van der Waals surface area contributed by atoms with Gasteiger partial charge in [-0.1, -0.05) is 11.8 Å². The molecule has 0 aromatic carbocycles. The van der Waals surface area contributed by atoms with Gasteiger partial charge in [0.2, 0.25) is 0 Å². The molecule has 1 fully saturated rings. The zero-order valence-corrected chi connectivity index (χ0v) is 13.5. The number of amides is 3. The Hall–Kier alpha value is -2.20. The fourth-order valence-corrected chi connectivity index (χ4v) is 3.56. The summed E-state index contributed by atoms with van der Waals surface area (Å²) in [6.45, 7) is 0.268. The Bertz CT molecular complexity index is 763. The number of urea groups is 1. The molecule has 8 nitrogen and oxygen atoms in total. The second kappa shape index (κ2) is 6.92. The zero-order chi connectivity index (χ0) is 16.2. The number of rotatable bonds is 5. The number of carbonyl (C=O) groups is 3. The summed E-state index contributed by atoms with van der Waals surface area (Å²) in [5.41, 5.74) is 0. The van der Waals surface area contributed by atoms with Crippen molar-refractivity contribution in [2.24, 2.45) is 0 Å². The van der Waals surface area contributed by atoms with Gasteiger partial charge in [-0.05, 0) is 11.4 Å². The first-order valence-electron chi connectivity index (χ1n) is 6.70. The topological polar surface area (TPSA) is 101 Å². The summed E-state index contributed by atoms with van der Waals surface area (Å²) < 4.78 is 4.91. The van der Waals surface area contributed by atoms with E-state index in [1.807, 2.05) is 11.4 Å². The smallest absolute Gasteiger partial charge is 0.324 e. The van der Waals surface area contributed by atoms with Gasteiger partial charge in [0.25, 0.3) is 5.91 Å². The molecule has 3 rings (SSSR count). The molecule has 1 saturated heterocycles. The Morgan fingerprint density at radius 3 is 3.09 bits per heavy atom. The maximum atomic E-state index is 11.7. The van der Waals surface area contributed by atoms with Gasteiger partial charge in [-0.2, -0.15) is 0 Å². The average Bonchev–Trinajstić information content (AvgIpc) is 3.19. The lowest BCUT2D eigenvalue weighted by atomic mass is 10.4. The lowest BCUT2D eigenvalue weighted by molar-refractivity contribution is -0.148. The Balaban J connectivity index is 1.49. The van der Waals surface area contributed by atoms with Gasteiger partial charge < -0.3 is 10.1 Å². The molecule has 0 atom stereocenters. The molecule has 0 saturated carbocycles. The molecule has 1 N–H and O–H groups in total. The first-order valence-corrected chi connectivity index (χ1v) is 8.56. The molecule has 0 bridgehead atoms. The van der Waals surface area contributed by atoms with Crippen molar-refractivity contribution in [2.75, 3.05) is 25.4 Å². The molecule has 0 unspecified atom stereocenters. The van der Waals surface area contributed by atoms with Gasteiger partial charge in [-0.15, -0.1) is 11.3 Å². The highest BCUT2D eigenvalue weighted by Gasteiger charge is 2.26. The lowest BCUT2D eigenvalue weighted by Gasteiger charge is -2.11. The number of hydrogen-bond donors (Lipinski definition) is 1. The number of fused-ring (bicyclic) bond motifs is 1. The molecule has 1 aliphatic heterocycles. The maximum absolute atomic E-state index is 11.7. The fraction of sp³-hybridized carbons (Fsp3) is 0.308. The van der Waals surface area contributed by atoms with Crippen LogP contribution >= 0.6 is 23.1 Å². The number of ether oxygens (including phenoxy) is 1. The van der Waals surface area contributed by atoms with E-state index in [2.05, 4.69) is 15.3 Å². The van der Waals surface area contributed by atoms with E-state index in [1.165, 1.54) is 29.4 Å². The van der Waals surface area contributed by atoms with Crippen LogP contribution in [0.15, 0.2) is 22.8 Å². The number of aromatic nitrogens is 2. The highest BCUT2D eigenvalue weighted by molar-refractivity contribution is 8.00. The highest BCUT2D eigenvalue weighted by atomic mass is 32.2. The van der Waals surface area contributed by atoms with Crippen molar-refractivity contribution in [1.82, 2.24) is 20.2 Å². The molecule has 0 radical (unpaired) electrons. The predicted octanol–water partition coefficient (Wildman–Crippen LogP) is 0.878. The monoisotopic (exact) mass is 352 g/mol. The van der Waals surface area contributed by atoms with E-state index < -0.39 is 24.5 Å². The summed E-state index contributed by atoms with van der Waals surface area (Å²) in [5.74, 6) is -1.04. The Kier molecular flexibility index (Phi) is 4.72. The first kappa shape index (κ1) is 15.7. The molecular weight excluding hydrogens is 340 g/mol. The van der Waals surface area contributed by atoms with Gasteiger partial charge >= 0.3 is 12.0 Å². The van der Waals surface area contributed by atoms with E-state index in [9.17, 15) is 14.4 Å². The van der Waals surface area contributed by atoms with Gasteiger partial charge in [0, 0.05) is 18.5 Å². The average molecular weight is 352 g/mol. The summed E-state index contributed by atoms with van der Waals surface area (Å²) in [4.78, 5) is 44.9. The molecule has 1 aliphatic rings. The second-order valence-electron chi connectivity index (χ2n) is 4.54. The van der Waals surface area contributed by atoms with Crippen LogP contribution in [0, 0.1) is 0 Å². The van der Waals surface area contributed by atoms with E-state index in [-0.39, 0.29) is 5.75 Å². The van der Waals surface area contributed by atoms with Gasteiger partial charge in [0.15, 0.2) is 6.61 Å². The van der Waals surface area contributed by atoms with Crippen molar-refractivity contribution in [3.05, 3.63) is 17.8 Å². The van der Waals surface area contributed by atoms with Crippen LogP contribution in [0.5, 0.6) is 0 Å². The summed E-state index contributed by atoms with van der Waals surface area (Å²) in [6, 6.07) is 1.43. The zero-order valence-electron chi connectivity index (χ0n) is 11.9. The number of imide groups is 1. The van der Waals surface area contributed by atoms with Gasteiger partial charge in [-0.3, -0.25) is 14.5 Å². The van der Waals surface area contributed by atoms with Crippen LogP contribution in [0.2, 0.25) is 0 Å². The quantitative estimate of drug-likeness (QED) is 0.484. The first-order chi connectivity index (χ1) is 11.1. The number of thiophene rings is 1. The molecule has 3 heterocycles. The maximum Gasteiger partial charge on any atom is 0.324 e. The molecule has 2 aromatic heterocycles. The van der Waals surface area contributed by atoms with E-state index in [0.29, 0.717) is 18.1 Å². The minimum atomic E-state index is -0.537. The third-order valence-corrected chi connectivity index (χ3v) is 4.87. The Morgan fingerprint density at radius 1 is 1.43 bits per heavy atom. The molecule has 120 valence electrons. The number of nitrogens with one attached hydrogen (secondary N) is 1. The Labute approximate surface area is 139 Å². The van der Waals surface area contributed by atoms with Crippen LogP contribution in [0.4, 0.5) is 4.79 Å². The number of esters is 1. The normalized spacial score (nSPS) is 14.1. The van der Waals surface area contributed by atoms with Gasteiger partial charge in [0.05, 0.1) is 5.75 Å². The third kappa shape index (κ3) is 3.59. The fourth-order valence-electron chi connectivity index (χ4n) is 1.98. The van der Waals surface area contributed by atoms with Gasteiger partial charge in [-0.25, -0.2) is 14.8 Å². The molecule has 0 spiro atoms. The number of carbonyl (C=O) groups excluding carboxylic acids is 3. The molecule has 3 amide bonds. The SMILES string of the molecule is O=C(CSc1ncnc2sccc12)OCC(=O)N1CCNC1=O. The van der Waals surface area contributed by atoms with Crippen molar-refractivity contribution in [3.8, 4) is 0 Å². The largest absolute Gasteiger partial charge is 0.455 e. The van der Waals surface area contributed by atoms with Crippen molar-refractivity contribution >= 4 is 51.2 Å². The highest BCUT2D eigenvalue weighted by Crippen LogP contribution is 2.27. The predicted molar refractivity (Wildman–Crippen MR) is 84.2 cm³/mol. The number of hydrogen-bond acceptors (Lipinski definition) is 8. The van der Waals surface area contributed by atoms with Crippen LogP contribution in [-0.4, -0.2) is 58.2 Å². The van der Waals surface area contributed by atoms with Crippen LogP contribution in [0.1, 0.15) is 0 Å². The van der Waals surface area contributed by atoms with Crippen LogP contribution in [0.25, 0.3) is 10.2 Å². The molecule has 0 aliphatic carbocycles. The molecule has 2 aromatic rings. The van der Waals surface area contributed by atoms with Crippen molar-refractivity contribution < 1.29 is 19.1 Å². The van der Waals surface area contributed by atoms with E-state index in [4.69, 9.17) is 4.74 Å². The standard InChI is InChI=1S/C13H12N4O4S2/c18-9(17-3-2-14-13(17)20)5-21-10(19)6-23-12-8-1-4-22-11(8)15-7-16-12/h1,4,7H,2-3,5-6H2,(H,14,20). The third-order valence-electron chi connectivity index (χ3n) is 3.07. The minimum Gasteiger partial charge on any atom is -0.455 e. The lowest BCUT2D eigenvalue weighted by Crippen LogP contribution is -2.37. The molecular formula is C13H12N4O4S2. The molecule has 10 heteroatoms. The van der Waals surface area contributed by atoms with E-state index >= 15 is 0 Å². The summed E-state index contributed by atoms with van der Waals surface area (Å²) in [6.07, 6.45) is 1.45. The number of thioether (sulfide) groups is 1. The van der Waals surface area contributed by atoms with Crippen LogP contribution < -0.4 is 5.32 Å². The Morgan fingerprint density at radius 2 is 2.30 bits per heavy atom. The van der Waals surface area contributed by atoms with Crippen molar-refractivity contribution in [2.45, 2.75) is 5.03 Å². The number of nitrogens with zero attached hydrogens (tertiary/aromatic N) is 3. The molecule has 23 heavy (non-hydrogen) atoms. The van der Waals surface area contributed by atoms with Crippen molar-refractivity contribution in [3.63, 3.8) is 0 Å². The second-order valence-corrected chi connectivity index (χ2v) is 6.40. The summed E-state index contributed by atoms with van der Waals surface area (Å²) in [5, 5.41) is 5.99. The summed E-state index contributed by atoms with van der Waals surface area (Å²) >= 11 is 2.72. The van der Waals surface area contributed by atoms with E-state index in [1.54, 1.807) is 0 Å². The van der Waals surface area contributed by atoms with Gasteiger partial charge in [0.1, 0.15) is 16.2 Å². The van der Waals surface area contributed by atoms with Crippen LogP contribution in [0.3, 0.4) is 0 Å². The van der Waals surface area contributed by atoms with Crippen LogP contribution in [-0.2, 0) is 14.3 Å². The minimum absolute atomic E-state index is 0.0292. The van der Waals surface area contributed by atoms with Crippen molar-refractivity contribution in [1.29, 1.82) is 0 Å². The summed E-state index contributed by atoms with van der Waals surface area (Å²) in [7, 11) is 0. The van der Waals surface area contributed by atoms with E-state index in [0.717, 1.165) is 15.1 Å².